The van der Waals surface area contributed by atoms with Crippen LogP contribution in [0.25, 0.3) is 0 Å². The maximum absolute atomic E-state index is 13.1. The molecule has 1 aromatic carbocycles. The Balaban J connectivity index is 3.20. The van der Waals surface area contributed by atoms with E-state index in [0.717, 1.165) is 12.1 Å². The molecule has 0 fully saturated rings. The molecule has 6 heteroatoms. The predicted octanol–water partition coefficient (Wildman–Crippen LogP) is 1.26. The molecule has 0 saturated carbocycles. The average Bonchev–Trinajstić information content (AvgIpc) is 2.23. The minimum atomic E-state index is -0.899. The van der Waals surface area contributed by atoms with Gasteiger partial charge in [0.25, 0.3) is 5.69 Å². The van der Waals surface area contributed by atoms with Gasteiger partial charge in [-0.2, -0.15) is 0 Å². The fourth-order valence-electron chi connectivity index (χ4n) is 1.02. The van der Waals surface area contributed by atoms with Gasteiger partial charge in [0.05, 0.1) is 11.3 Å². The lowest BCUT2D eigenvalue weighted by atomic mass is 10.1. The van der Waals surface area contributed by atoms with Crippen LogP contribution in [0.15, 0.2) is 12.1 Å². The van der Waals surface area contributed by atoms with E-state index in [2.05, 4.69) is 11.8 Å². The van der Waals surface area contributed by atoms with Crippen LogP contribution in [0.4, 0.5) is 15.8 Å². The lowest BCUT2D eigenvalue weighted by molar-refractivity contribution is -0.384. The van der Waals surface area contributed by atoms with Gasteiger partial charge in [-0.25, -0.2) is 4.39 Å². The first-order chi connectivity index (χ1) is 7.56. The molecule has 16 heavy (non-hydrogen) atoms. The van der Waals surface area contributed by atoms with Crippen LogP contribution in [-0.2, 0) is 4.79 Å². The van der Waals surface area contributed by atoms with E-state index in [1.807, 2.05) is 0 Å². The number of carbonyl (C=O) groups excluding carboxylic acids is 1. The van der Waals surface area contributed by atoms with Gasteiger partial charge >= 0.3 is 0 Å². The Bertz CT molecular complexity index is 503. The highest BCUT2D eigenvalue weighted by Gasteiger charge is 2.16. The van der Waals surface area contributed by atoms with Gasteiger partial charge in [-0.15, -0.1) is 0 Å². The zero-order valence-corrected chi connectivity index (χ0v) is 8.07. The van der Waals surface area contributed by atoms with Gasteiger partial charge in [0, 0.05) is 11.6 Å². The second-order valence-corrected chi connectivity index (χ2v) is 2.82. The zero-order valence-electron chi connectivity index (χ0n) is 8.07. The van der Waals surface area contributed by atoms with Gasteiger partial charge in [-0.3, -0.25) is 10.1 Å². The van der Waals surface area contributed by atoms with E-state index in [9.17, 15) is 19.3 Å². The molecular weight excluding hydrogens is 215 g/mol. The SMILES string of the molecule is Nc1c(F)cc(C#CCC=O)cc1[N+](=O)[O-]. The number of rotatable bonds is 2. The van der Waals surface area contributed by atoms with Crippen molar-refractivity contribution in [1.29, 1.82) is 0 Å². The molecule has 0 aliphatic rings. The summed E-state index contributed by atoms with van der Waals surface area (Å²) in [6, 6.07) is 2.05. The molecule has 0 atom stereocenters. The molecule has 2 N–H and O–H groups in total. The standard InChI is InChI=1S/C10H7FN2O3/c11-8-5-7(3-1-2-4-14)6-9(10(8)12)13(15)16/h4-6H,2,12H2. The molecular formula is C10H7FN2O3. The summed E-state index contributed by atoms with van der Waals surface area (Å²) in [5, 5.41) is 10.5. The number of nitrogens with zero attached hydrogens (tertiary/aromatic N) is 1. The van der Waals surface area contributed by atoms with Gasteiger partial charge in [0.15, 0.2) is 5.82 Å². The summed E-state index contributed by atoms with van der Waals surface area (Å²) in [5.41, 5.74) is 4.24. The Hall–Kier alpha value is -2.42. The van der Waals surface area contributed by atoms with Crippen LogP contribution in [0.1, 0.15) is 12.0 Å². The number of nitro benzene ring substituents is 1. The van der Waals surface area contributed by atoms with Crippen LogP contribution in [0, 0.1) is 27.8 Å². The van der Waals surface area contributed by atoms with Crippen LogP contribution in [0.5, 0.6) is 0 Å². The van der Waals surface area contributed by atoms with Gasteiger partial charge in [-0.1, -0.05) is 11.8 Å². The Morgan fingerprint density at radius 2 is 2.25 bits per heavy atom. The smallest absolute Gasteiger partial charge is 0.296 e. The number of hydrogen-bond acceptors (Lipinski definition) is 4. The summed E-state index contributed by atoms with van der Waals surface area (Å²) in [6.45, 7) is 0. The summed E-state index contributed by atoms with van der Waals surface area (Å²) in [4.78, 5) is 19.7. The fraction of sp³-hybridized carbons (Fsp3) is 0.100. The topological polar surface area (TPSA) is 86.2 Å². The van der Waals surface area contributed by atoms with Crippen LogP contribution >= 0.6 is 0 Å². The molecule has 0 bridgehead atoms. The average molecular weight is 222 g/mol. The molecule has 5 nitrogen and oxygen atoms in total. The van der Waals surface area contributed by atoms with E-state index >= 15 is 0 Å². The first-order valence-corrected chi connectivity index (χ1v) is 4.22. The second kappa shape index (κ2) is 4.89. The Morgan fingerprint density at radius 3 is 2.81 bits per heavy atom. The third-order valence-corrected chi connectivity index (χ3v) is 1.72. The number of halogens is 1. The number of aldehydes is 1. The van der Waals surface area contributed by atoms with Crippen molar-refractivity contribution in [3.8, 4) is 11.8 Å². The molecule has 0 aromatic heterocycles. The van der Waals surface area contributed by atoms with Crippen LogP contribution < -0.4 is 5.73 Å². The largest absolute Gasteiger partial charge is 0.391 e. The molecule has 0 amide bonds. The third-order valence-electron chi connectivity index (χ3n) is 1.72. The number of carbonyl (C=O) groups is 1. The highest BCUT2D eigenvalue weighted by Crippen LogP contribution is 2.25. The van der Waals surface area contributed by atoms with Crippen molar-refractivity contribution in [2.45, 2.75) is 6.42 Å². The molecule has 0 radical (unpaired) electrons. The van der Waals surface area contributed by atoms with E-state index < -0.39 is 22.1 Å². The first-order valence-electron chi connectivity index (χ1n) is 4.22. The van der Waals surface area contributed by atoms with E-state index in [0.29, 0.717) is 6.29 Å². The minimum absolute atomic E-state index is 0.0141. The summed E-state index contributed by atoms with van der Waals surface area (Å²) in [7, 11) is 0. The number of benzene rings is 1. The lowest BCUT2D eigenvalue weighted by Gasteiger charge is -1.99. The van der Waals surface area contributed by atoms with Crippen molar-refractivity contribution in [1.82, 2.24) is 0 Å². The van der Waals surface area contributed by atoms with E-state index in [-0.39, 0.29) is 12.0 Å². The summed E-state index contributed by atoms with van der Waals surface area (Å²) in [5.74, 6) is 3.95. The first kappa shape index (κ1) is 11.7. The Morgan fingerprint density at radius 1 is 1.56 bits per heavy atom. The van der Waals surface area contributed by atoms with Crippen LogP contribution in [0.3, 0.4) is 0 Å². The molecule has 0 aliphatic carbocycles. The van der Waals surface area contributed by atoms with Crippen molar-refractivity contribution in [2.24, 2.45) is 0 Å². The number of nitro groups is 1. The van der Waals surface area contributed by atoms with Crippen molar-refractivity contribution < 1.29 is 14.1 Å². The van der Waals surface area contributed by atoms with E-state index in [1.54, 1.807) is 0 Å². The number of anilines is 1. The van der Waals surface area contributed by atoms with E-state index in [4.69, 9.17) is 5.73 Å². The molecule has 0 spiro atoms. The van der Waals surface area contributed by atoms with Crippen LogP contribution in [0.2, 0.25) is 0 Å². The summed E-state index contributed by atoms with van der Waals surface area (Å²) in [6.07, 6.45) is 0.564. The molecule has 1 aromatic rings. The molecule has 0 saturated heterocycles. The van der Waals surface area contributed by atoms with Crippen molar-refractivity contribution in [3.63, 3.8) is 0 Å². The number of nitrogen functional groups attached to an aromatic ring is 1. The lowest BCUT2D eigenvalue weighted by Crippen LogP contribution is -1.99. The van der Waals surface area contributed by atoms with Crippen molar-refractivity contribution in [2.75, 3.05) is 5.73 Å². The van der Waals surface area contributed by atoms with Crippen molar-refractivity contribution >= 4 is 17.7 Å². The fourth-order valence-corrected chi connectivity index (χ4v) is 1.02. The second-order valence-electron chi connectivity index (χ2n) is 2.82. The normalized spacial score (nSPS) is 9.06. The van der Waals surface area contributed by atoms with Gasteiger partial charge in [0.2, 0.25) is 0 Å². The quantitative estimate of drug-likeness (QED) is 0.268. The highest BCUT2D eigenvalue weighted by molar-refractivity contribution is 5.63. The molecule has 82 valence electrons. The van der Waals surface area contributed by atoms with Gasteiger partial charge < -0.3 is 10.5 Å². The van der Waals surface area contributed by atoms with E-state index in [1.165, 1.54) is 0 Å². The molecule has 0 aliphatic heterocycles. The third kappa shape index (κ3) is 2.54. The molecule has 0 unspecified atom stereocenters. The number of hydrogen-bond donors (Lipinski definition) is 1. The van der Waals surface area contributed by atoms with Crippen LogP contribution in [-0.4, -0.2) is 11.2 Å². The molecule has 1 rings (SSSR count). The highest BCUT2D eigenvalue weighted by atomic mass is 19.1. The van der Waals surface area contributed by atoms with Crippen molar-refractivity contribution in [3.05, 3.63) is 33.6 Å². The summed E-state index contributed by atoms with van der Waals surface area (Å²) < 4.78 is 13.1. The van der Waals surface area contributed by atoms with Gasteiger partial charge in [0.1, 0.15) is 12.0 Å². The monoisotopic (exact) mass is 222 g/mol. The Labute approximate surface area is 90.2 Å². The number of nitrogens with two attached hydrogens (primary N) is 1. The minimum Gasteiger partial charge on any atom is -0.391 e. The maximum Gasteiger partial charge on any atom is 0.296 e. The van der Waals surface area contributed by atoms with Gasteiger partial charge in [-0.05, 0) is 6.07 Å². The zero-order chi connectivity index (χ0) is 12.1. The predicted molar refractivity (Wildman–Crippen MR) is 55.0 cm³/mol. The molecule has 0 heterocycles. The summed E-state index contributed by atoms with van der Waals surface area (Å²) >= 11 is 0. The maximum atomic E-state index is 13.1. The Kier molecular flexibility index (Phi) is 3.56.